The topological polar surface area (TPSA) is 40.5 Å². The van der Waals surface area contributed by atoms with Crippen LogP contribution in [0.15, 0.2) is 133 Å². The Bertz CT molecular complexity index is 1170. The summed E-state index contributed by atoms with van der Waals surface area (Å²) in [7, 11) is 0. The molecule has 0 radical (unpaired) electrons. The Balaban J connectivity index is 0.000000163. The SMILES string of the molecule is Cc1ccc(O)cc1.Cc1ccc(O)cc1.[Zr+2].c1ccc2[cH-]ccc2c1.c1ccc2[cH-]ccc2c1. The van der Waals surface area contributed by atoms with Crippen molar-refractivity contribution < 1.29 is 36.4 Å². The van der Waals surface area contributed by atoms with E-state index in [0.717, 1.165) is 0 Å². The van der Waals surface area contributed by atoms with Gasteiger partial charge in [-0.15, -0.1) is 59.3 Å². The third-order valence-electron chi connectivity index (χ3n) is 5.16. The molecule has 0 aliphatic carbocycles. The van der Waals surface area contributed by atoms with Crippen LogP contribution in [0.2, 0.25) is 0 Å². The molecule has 6 aromatic carbocycles. The molecule has 6 aromatic rings. The molecule has 0 saturated heterocycles. The largest absolute Gasteiger partial charge is 2.00 e. The van der Waals surface area contributed by atoms with E-state index < -0.39 is 0 Å². The Labute approximate surface area is 227 Å². The molecule has 2 nitrogen and oxygen atoms in total. The van der Waals surface area contributed by atoms with E-state index in [9.17, 15) is 0 Å². The summed E-state index contributed by atoms with van der Waals surface area (Å²) in [6.07, 6.45) is 0. The molecule has 6 rings (SSSR count). The van der Waals surface area contributed by atoms with Gasteiger partial charge >= 0.3 is 26.2 Å². The molecule has 0 unspecified atom stereocenters. The predicted octanol–water partition coefficient (Wildman–Crippen LogP) is 8.52. The van der Waals surface area contributed by atoms with E-state index >= 15 is 0 Å². The van der Waals surface area contributed by atoms with E-state index in [1.807, 2.05) is 38.1 Å². The van der Waals surface area contributed by atoms with Crippen LogP contribution < -0.4 is 0 Å². The first kappa shape index (κ1) is 27.8. The van der Waals surface area contributed by atoms with Crippen LogP contribution in [0.4, 0.5) is 0 Å². The maximum atomic E-state index is 8.76. The Morgan fingerprint density at radius 1 is 0.457 bits per heavy atom. The number of fused-ring (bicyclic) bond motifs is 2. The molecule has 35 heavy (non-hydrogen) atoms. The van der Waals surface area contributed by atoms with E-state index in [4.69, 9.17) is 10.2 Å². The maximum Gasteiger partial charge on any atom is 2.00 e. The van der Waals surface area contributed by atoms with E-state index in [0.29, 0.717) is 11.5 Å². The van der Waals surface area contributed by atoms with Crippen LogP contribution in [0.3, 0.4) is 0 Å². The molecule has 0 fully saturated rings. The van der Waals surface area contributed by atoms with Crippen molar-refractivity contribution in [3.05, 3.63) is 145 Å². The first-order valence-corrected chi connectivity index (χ1v) is 11.2. The third kappa shape index (κ3) is 9.77. The standard InChI is InChI=1S/2C9H7.2C7H8O.Zr/c2*1-2-5-9-7-3-6-8(9)4-1;2*1-6-2-4-7(8)5-3-6;/h2*1-7H;2*2-5,8H,1H3;/q2*-1;;;+2. The van der Waals surface area contributed by atoms with Crippen LogP contribution in [-0.2, 0) is 26.2 Å². The first-order chi connectivity index (χ1) is 16.5. The minimum Gasteiger partial charge on any atom is -0.508 e. The van der Waals surface area contributed by atoms with E-state index in [1.165, 1.54) is 32.7 Å². The number of rotatable bonds is 0. The molecular formula is C32H30O2Zr. The number of phenols is 2. The van der Waals surface area contributed by atoms with Crippen LogP contribution in [0.25, 0.3) is 21.5 Å². The van der Waals surface area contributed by atoms with Gasteiger partial charge in [-0.25, -0.2) is 0 Å². The van der Waals surface area contributed by atoms with Gasteiger partial charge in [0.2, 0.25) is 0 Å². The molecule has 3 heteroatoms. The van der Waals surface area contributed by atoms with Crippen LogP contribution in [-0.4, -0.2) is 10.2 Å². The summed E-state index contributed by atoms with van der Waals surface area (Å²) in [5, 5.41) is 22.8. The first-order valence-electron chi connectivity index (χ1n) is 11.2. The average Bonchev–Trinajstić information content (AvgIpc) is 3.54. The molecule has 2 N–H and O–H groups in total. The van der Waals surface area contributed by atoms with Gasteiger partial charge in [0.25, 0.3) is 0 Å². The molecule has 0 aromatic heterocycles. The van der Waals surface area contributed by atoms with Crippen molar-refractivity contribution >= 4 is 21.5 Å². The summed E-state index contributed by atoms with van der Waals surface area (Å²) in [4.78, 5) is 0. The molecule has 0 amide bonds. The van der Waals surface area contributed by atoms with Gasteiger partial charge in [-0.1, -0.05) is 47.5 Å². The molecule has 0 heterocycles. The van der Waals surface area contributed by atoms with Crippen molar-refractivity contribution in [2.75, 3.05) is 0 Å². The summed E-state index contributed by atoms with van der Waals surface area (Å²) in [6, 6.07) is 43.5. The Morgan fingerprint density at radius 3 is 1.11 bits per heavy atom. The molecule has 0 saturated carbocycles. The van der Waals surface area contributed by atoms with Gasteiger partial charge < -0.3 is 10.2 Å². The average molecular weight is 538 g/mol. The van der Waals surface area contributed by atoms with Crippen molar-refractivity contribution in [3.63, 3.8) is 0 Å². The summed E-state index contributed by atoms with van der Waals surface area (Å²) in [5.41, 5.74) is 2.34. The van der Waals surface area contributed by atoms with Crippen molar-refractivity contribution in [2.45, 2.75) is 13.8 Å². The van der Waals surface area contributed by atoms with E-state index in [-0.39, 0.29) is 26.2 Å². The Kier molecular flexibility index (Phi) is 11.7. The van der Waals surface area contributed by atoms with Crippen molar-refractivity contribution in [3.8, 4) is 11.5 Å². The fourth-order valence-corrected chi connectivity index (χ4v) is 3.23. The monoisotopic (exact) mass is 536 g/mol. The fraction of sp³-hybridized carbons (Fsp3) is 0.0625. The summed E-state index contributed by atoms with van der Waals surface area (Å²) in [6.45, 7) is 3.97. The summed E-state index contributed by atoms with van der Waals surface area (Å²) < 4.78 is 0. The zero-order chi connectivity index (χ0) is 24.2. The minimum atomic E-state index is 0. The van der Waals surface area contributed by atoms with Gasteiger partial charge in [-0.2, -0.15) is 35.0 Å². The van der Waals surface area contributed by atoms with Gasteiger partial charge in [0.1, 0.15) is 11.5 Å². The molecule has 0 aliphatic rings. The van der Waals surface area contributed by atoms with E-state index in [2.05, 4.69) is 84.9 Å². The number of hydrogen-bond donors (Lipinski definition) is 2. The summed E-state index contributed by atoms with van der Waals surface area (Å²) >= 11 is 0. The predicted molar refractivity (Wildman–Crippen MR) is 145 cm³/mol. The maximum absolute atomic E-state index is 8.76. The molecule has 174 valence electrons. The number of benzene rings is 4. The number of phenolic OH excluding ortho intramolecular Hbond substituents is 2. The van der Waals surface area contributed by atoms with Crippen molar-refractivity contribution in [1.29, 1.82) is 0 Å². The Hall–Kier alpha value is -3.42. The van der Waals surface area contributed by atoms with Crippen LogP contribution in [0.5, 0.6) is 11.5 Å². The van der Waals surface area contributed by atoms with Gasteiger partial charge in [0, 0.05) is 0 Å². The third-order valence-corrected chi connectivity index (χ3v) is 5.16. The molecule has 0 spiro atoms. The van der Waals surface area contributed by atoms with Gasteiger partial charge in [-0.05, 0) is 38.1 Å². The zero-order valence-corrected chi connectivity index (χ0v) is 22.6. The normalized spacial score (nSPS) is 9.43. The molecular weight excluding hydrogens is 508 g/mol. The van der Waals surface area contributed by atoms with Crippen molar-refractivity contribution in [2.24, 2.45) is 0 Å². The number of hydrogen-bond acceptors (Lipinski definition) is 2. The second kappa shape index (κ2) is 14.8. The second-order valence-corrected chi connectivity index (χ2v) is 7.98. The Morgan fingerprint density at radius 2 is 0.800 bits per heavy atom. The molecule has 0 bridgehead atoms. The summed E-state index contributed by atoms with van der Waals surface area (Å²) in [5.74, 6) is 0.659. The van der Waals surface area contributed by atoms with Gasteiger partial charge in [0.15, 0.2) is 0 Å². The van der Waals surface area contributed by atoms with E-state index in [1.54, 1.807) is 24.3 Å². The fourth-order valence-electron chi connectivity index (χ4n) is 3.23. The van der Waals surface area contributed by atoms with Crippen LogP contribution >= 0.6 is 0 Å². The number of aryl methyl sites for hydroxylation is 2. The molecule has 0 atom stereocenters. The van der Waals surface area contributed by atoms with Crippen molar-refractivity contribution in [1.82, 2.24) is 0 Å². The minimum absolute atomic E-state index is 0. The second-order valence-electron chi connectivity index (χ2n) is 7.98. The van der Waals surface area contributed by atoms with Crippen LogP contribution in [0.1, 0.15) is 11.1 Å². The van der Waals surface area contributed by atoms with Gasteiger partial charge in [0.05, 0.1) is 0 Å². The van der Waals surface area contributed by atoms with Crippen LogP contribution in [0, 0.1) is 13.8 Å². The zero-order valence-electron chi connectivity index (χ0n) is 20.1. The molecule has 0 aliphatic heterocycles. The van der Waals surface area contributed by atoms with Gasteiger partial charge in [-0.3, -0.25) is 0 Å². The quantitative estimate of drug-likeness (QED) is 0.191. The smallest absolute Gasteiger partial charge is 0.508 e. The number of aromatic hydroxyl groups is 2.